The van der Waals surface area contributed by atoms with Crippen LogP contribution >= 0.6 is 0 Å². The highest BCUT2D eigenvalue weighted by Crippen LogP contribution is 2.33. The molecule has 4 rings (SSSR count). The maximum absolute atomic E-state index is 14.5. The molecule has 0 aliphatic carbocycles. The van der Waals surface area contributed by atoms with Gasteiger partial charge in [0, 0.05) is 37.6 Å². The number of aromatic nitrogens is 2. The normalized spacial score (nSPS) is 22.9. The van der Waals surface area contributed by atoms with Crippen molar-refractivity contribution in [3.63, 3.8) is 0 Å². The van der Waals surface area contributed by atoms with E-state index in [0.717, 1.165) is 12.3 Å². The van der Waals surface area contributed by atoms with Gasteiger partial charge in [-0.05, 0) is 38.1 Å². The monoisotopic (exact) mass is 532 g/mol. The van der Waals surface area contributed by atoms with Crippen molar-refractivity contribution in [2.75, 3.05) is 31.3 Å². The maximum Gasteiger partial charge on any atom is 0.389 e. The number of ether oxygens (including phenoxy) is 2. The predicted octanol–water partition coefficient (Wildman–Crippen LogP) is 4.02. The summed E-state index contributed by atoms with van der Waals surface area (Å²) in [6.45, 7) is 2.94. The second kappa shape index (κ2) is 10.5. The van der Waals surface area contributed by atoms with E-state index in [2.05, 4.69) is 20.2 Å². The Hall–Kier alpha value is -2.51. The van der Waals surface area contributed by atoms with E-state index in [9.17, 15) is 26.0 Å². The van der Waals surface area contributed by atoms with Crippen LogP contribution in [0.4, 0.5) is 29.1 Å². The summed E-state index contributed by atoms with van der Waals surface area (Å²) < 4.78 is 87.3. The molecule has 2 aliphatic rings. The first-order valence-corrected chi connectivity index (χ1v) is 13.4. The number of sulfone groups is 1. The Morgan fingerprint density at radius 2 is 1.89 bits per heavy atom. The number of benzene rings is 1. The molecule has 8 nitrogen and oxygen atoms in total. The van der Waals surface area contributed by atoms with Gasteiger partial charge in [0.15, 0.2) is 9.84 Å². The Balaban J connectivity index is 1.42. The van der Waals surface area contributed by atoms with Gasteiger partial charge in [0.25, 0.3) is 0 Å². The van der Waals surface area contributed by atoms with E-state index in [-0.39, 0.29) is 35.2 Å². The molecule has 2 aliphatic heterocycles. The summed E-state index contributed by atoms with van der Waals surface area (Å²) >= 11 is 0. The molecule has 2 aromatic rings. The van der Waals surface area contributed by atoms with Crippen LogP contribution in [-0.2, 0) is 14.6 Å². The molecule has 2 saturated heterocycles. The molecule has 3 heterocycles. The Morgan fingerprint density at radius 1 is 1.19 bits per heavy atom. The number of morpholine rings is 1. The molecule has 2 fully saturated rings. The summed E-state index contributed by atoms with van der Waals surface area (Å²) in [6, 6.07) is 3.48. The quantitative estimate of drug-likeness (QED) is 0.510. The lowest BCUT2D eigenvalue weighted by Gasteiger charge is -2.48. The number of hydrogen-bond donors (Lipinski definition) is 1. The van der Waals surface area contributed by atoms with Crippen LogP contribution in [0.15, 0.2) is 29.4 Å². The third-order valence-electron chi connectivity index (χ3n) is 6.44. The Bertz CT molecular complexity index is 1180. The minimum absolute atomic E-state index is 0.0436. The summed E-state index contributed by atoms with van der Waals surface area (Å²) in [5.41, 5.74) is 0.590. The van der Waals surface area contributed by atoms with Gasteiger partial charge in [0.2, 0.25) is 5.88 Å². The minimum Gasteiger partial charge on any atom is -0.474 e. The van der Waals surface area contributed by atoms with Gasteiger partial charge in [-0.3, -0.25) is 4.90 Å². The molecule has 0 spiro atoms. The average Bonchev–Trinajstić information content (AvgIpc) is 2.76. The topological polar surface area (TPSA) is 93.7 Å². The summed E-state index contributed by atoms with van der Waals surface area (Å²) in [5.74, 6) is -0.126. The van der Waals surface area contributed by atoms with E-state index in [0.29, 0.717) is 49.9 Å². The number of halogens is 4. The Kier molecular flexibility index (Phi) is 7.72. The fourth-order valence-corrected chi connectivity index (χ4v) is 5.29. The molecule has 1 aromatic heterocycles. The highest BCUT2D eigenvalue weighted by atomic mass is 32.2. The van der Waals surface area contributed by atoms with E-state index >= 15 is 0 Å². The third kappa shape index (κ3) is 6.43. The van der Waals surface area contributed by atoms with Gasteiger partial charge in [0.1, 0.15) is 24.1 Å². The predicted molar refractivity (Wildman–Crippen MR) is 124 cm³/mol. The van der Waals surface area contributed by atoms with E-state index in [1.54, 1.807) is 6.92 Å². The first kappa shape index (κ1) is 26.6. The van der Waals surface area contributed by atoms with Crippen molar-refractivity contribution >= 4 is 21.3 Å². The van der Waals surface area contributed by atoms with Gasteiger partial charge < -0.3 is 14.8 Å². The smallest absolute Gasteiger partial charge is 0.389 e. The summed E-state index contributed by atoms with van der Waals surface area (Å²) in [5, 5.41) is 2.86. The number of alkyl halides is 3. The second-order valence-electron chi connectivity index (χ2n) is 9.20. The first-order chi connectivity index (χ1) is 16.9. The zero-order valence-electron chi connectivity index (χ0n) is 19.9. The van der Waals surface area contributed by atoms with Crippen molar-refractivity contribution in [1.82, 2.24) is 14.9 Å². The van der Waals surface area contributed by atoms with Crippen LogP contribution in [0, 0.1) is 12.7 Å². The van der Waals surface area contributed by atoms with E-state index < -0.39 is 28.3 Å². The highest BCUT2D eigenvalue weighted by molar-refractivity contribution is 7.90. The number of anilines is 2. The van der Waals surface area contributed by atoms with Crippen LogP contribution in [0.3, 0.4) is 0 Å². The summed E-state index contributed by atoms with van der Waals surface area (Å²) in [4.78, 5) is 10.3. The Labute approximate surface area is 206 Å². The van der Waals surface area contributed by atoms with Gasteiger partial charge in [-0.15, -0.1) is 0 Å². The molecule has 36 heavy (non-hydrogen) atoms. The fourth-order valence-electron chi connectivity index (χ4n) is 4.66. The van der Waals surface area contributed by atoms with Crippen LogP contribution in [0.5, 0.6) is 5.88 Å². The van der Waals surface area contributed by atoms with Crippen molar-refractivity contribution in [3.8, 4) is 5.88 Å². The molecular formula is C23H28F4N4O4S. The number of hydrogen-bond acceptors (Lipinski definition) is 8. The highest BCUT2D eigenvalue weighted by Gasteiger charge is 2.40. The van der Waals surface area contributed by atoms with E-state index in [1.807, 2.05) is 0 Å². The third-order valence-corrected chi connectivity index (χ3v) is 7.55. The molecule has 0 radical (unpaired) electrons. The number of nitrogens with zero attached hydrogens (tertiary/aromatic N) is 3. The van der Waals surface area contributed by atoms with Crippen molar-refractivity contribution in [2.24, 2.45) is 0 Å². The lowest BCUT2D eigenvalue weighted by Crippen LogP contribution is -2.59. The molecule has 0 saturated carbocycles. The number of piperidine rings is 1. The molecule has 13 heteroatoms. The molecule has 1 aromatic carbocycles. The SMILES string of the molecule is Cc1c(Nc2ccc(S(C)(=O)=O)cc2F)ncnc1OC1CC2COC[C@@H](C1)N2CCCC(F)(F)F. The van der Waals surface area contributed by atoms with Crippen molar-refractivity contribution in [1.29, 1.82) is 0 Å². The van der Waals surface area contributed by atoms with Gasteiger partial charge in [-0.25, -0.2) is 22.8 Å². The van der Waals surface area contributed by atoms with Crippen LogP contribution < -0.4 is 10.1 Å². The minimum atomic E-state index is -4.16. The van der Waals surface area contributed by atoms with Crippen molar-refractivity contribution in [3.05, 3.63) is 35.9 Å². The standard InChI is InChI=1S/C23H28F4N4O4S/c1-14-21(30-20-5-4-18(10-19(20)24)36(2,32)33)28-13-29-22(14)35-17-8-15-11-34-12-16(9-17)31(15)7-3-6-23(25,26)27/h4-5,10,13,15-17H,3,6-9,11-12H2,1-2H3,(H,28,29,30)/t15-,16?,17?/m1/s1. The fraction of sp³-hybridized carbons (Fsp3) is 0.565. The van der Waals surface area contributed by atoms with E-state index in [4.69, 9.17) is 9.47 Å². The molecule has 198 valence electrons. The lowest BCUT2D eigenvalue weighted by molar-refractivity contribution is -0.141. The van der Waals surface area contributed by atoms with Crippen LogP contribution in [0.25, 0.3) is 0 Å². The second-order valence-corrected chi connectivity index (χ2v) is 11.2. The number of rotatable bonds is 8. The molecular weight excluding hydrogens is 504 g/mol. The molecule has 2 bridgehead atoms. The van der Waals surface area contributed by atoms with E-state index in [1.165, 1.54) is 18.5 Å². The van der Waals surface area contributed by atoms with Crippen LogP contribution in [0.1, 0.15) is 31.2 Å². The van der Waals surface area contributed by atoms with Crippen molar-refractivity contribution in [2.45, 2.75) is 61.9 Å². The molecule has 3 atom stereocenters. The van der Waals surface area contributed by atoms with Gasteiger partial charge in [0.05, 0.1) is 29.4 Å². The maximum atomic E-state index is 14.5. The summed E-state index contributed by atoms with van der Waals surface area (Å²) in [6.07, 6.45) is -1.70. The van der Waals surface area contributed by atoms with Gasteiger partial charge in [-0.1, -0.05) is 0 Å². The van der Waals surface area contributed by atoms with Gasteiger partial charge in [-0.2, -0.15) is 13.2 Å². The van der Waals surface area contributed by atoms with Crippen molar-refractivity contribution < 1.29 is 35.5 Å². The molecule has 1 N–H and O–H groups in total. The summed E-state index contributed by atoms with van der Waals surface area (Å²) in [7, 11) is -3.54. The number of fused-ring (bicyclic) bond motifs is 2. The lowest BCUT2D eigenvalue weighted by atomic mass is 9.91. The van der Waals surface area contributed by atoms with Crippen LogP contribution in [-0.4, -0.2) is 73.7 Å². The zero-order valence-corrected chi connectivity index (χ0v) is 20.7. The van der Waals surface area contributed by atoms with Crippen LogP contribution in [0.2, 0.25) is 0 Å². The molecule has 2 unspecified atom stereocenters. The Morgan fingerprint density at radius 3 is 2.50 bits per heavy atom. The average molecular weight is 533 g/mol. The first-order valence-electron chi connectivity index (χ1n) is 11.6. The molecule has 0 amide bonds. The zero-order chi connectivity index (χ0) is 26.1. The largest absolute Gasteiger partial charge is 0.474 e. The van der Waals surface area contributed by atoms with Gasteiger partial charge >= 0.3 is 6.18 Å². The number of nitrogens with one attached hydrogen (secondary N) is 1.